The molecule has 1 amide bonds. The SMILES string of the molecule is O=C(Cn1nnc(-c2ccc(F)cc2)n1)Nc1cc(Cl)c(Cl)cc1Cl. The second-order valence-electron chi connectivity index (χ2n) is 4.94. The monoisotopic (exact) mass is 399 g/mol. The van der Waals surface area contributed by atoms with Crippen molar-refractivity contribution in [3.8, 4) is 11.4 Å². The molecule has 0 fully saturated rings. The van der Waals surface area contributed by atoms with E-state index in [4.69, 9.17) is 34.8 Å². The predicted octanol–water partition coefficient (Wildman–Crippen LogP) is 4.08. The summed E-state index contributed by atoms with van der Waals surface area (Å²) in [5.74, 6) is -0.516. The van der Waals surface area contributed by atoms with Crippen molar-refractivity contribution in [2.24, 2.45) is 0 Å². The van der Waals surface area contributed by atoms with Gasteiger partial charge < -0.3 is 5.32 Å². The molecule has 25 heavy (non-hydrogen) atoms. The van der Waals surface area contributed by atoms with Crippen LogP contribution >= 0.6 is 34.8 Å². The fraction of sp³-hybridized carbons (Fsp3) is 0.0667. The normalized spacial score (nSPS) is 10.7. The lowest BCUT2D eigenvalue weighted by atomic mass is 10.2. The first-order valence-electron chi connectivity index (χ1n) is 6.90. The number of anilines is 1. The van der Waals surface area contributed by atoms with Crippen LogP contribution in [0.5, 0.6) is 0 Å². The molecule has 0 unspecified atom stereocenters. The van der Waals surface area contributed by atoms with Gasteiger partial charge in [-0.1, -0.05) is 34.8 Å². The van der Waals surface area contributed by atoms with Crippen LogP contribution in [0.2, 0.25) is 15.1 Å². The zero-order valence-corrected chi connectivity index (χ0v) is 14.6. The van der Waals surface area contributed by atoms with Gasteiger partial charge >= 0.3 is 0 Å². The molecule has 2 aromatic carbocycles. The van der Waals surface area contributed by atoms with Crippen molar-refractivity contribution in [1.29, 1.82) is 0 Å². The fourth-order valence-electron chi connectivity index (χ4n) is 1.96. The average Bonchev–Trinajstić information content (AvgIpc) is 3.01. The van der Waals surface area contributed by atoms with E-state index in [0.717, 1.165) is 4.80 Å². The Bertz CT molecular complexity index is 929. The minimum Gasteiger partial charge on any atom is -0.323 e. The summed E-state index contributed by atoms with van der Waals surface area (Å²) in [6.45, 7) is -0.190. The summed E-state index contributed by atoms with van der Waals surface area (Å²) in [6.07, 6.45) is 0. The Hall–Kier alpha value is -2.22. The zero-order valence-electron chi connectivity index (χ0n) is 12.4. The van der Waals surface area contributed by atoms with Crippen LogP contribution in [0.3, 0.4) is 0 Å². The van der Waals surface area contributed by atoms with Gasteiger partial charge in [0.15, 0.2) is 0 Å². The molecule has 0 bridgehead atoms. The van der Waals surface area contributed by atoms with Crippen molar-refractivity contribution in [2.45, 2.75) is 6.54 Å². The number of halogens is 4. The fourth-order valence-corrected chi connectivity index (χ4v) is 2.56. The molecule has 0 atom stereocenters. The highest BCUT2D eigenvalue weighted by Crippen LogP contribution is 2.32. The van der Waals surface area contributed by atoms with Crippen molar-refractivity contribution >= 4 is 46.4 Å². The smallest absolute Gasteiger partial charge is 0.248 e. The van der Waals surface area contributed by atoms with Gasteiger partial charge in [-0.15, -0.1) is 10.2 Å². The van der Waals surface area contributed by atoms with Gasteiger partial charge in [0.25, 0.3) is 0 Å². The largest absolute Gasteiger partial charge is 0.323 e. The molecular weight excluding hydrogens is 392 g/mol. The van der Waals surface area contributed by atoms with Crippen LogP contribution in [0.25, 0.3) is 11.4 Å². The highest BCUT2D eigenvalue weighted by Gasteiger charge is 2.12. The quantitative estimate of drug-likeness (QED) is 0.670. The lowest BCUT2D eigenvalue weighted by molar-refractivity contribution is -0.117. The summed E-state index contributed by atoms with van der Waals surface area (Å²) < 4.78 is 12.9. The van der Waals surface area contributed by atoms with E-state index in [1.807, 2.05) is 0 Å². The molecule has 1 heterocycles. The third-order valence-corrected chi connectivity index (χ3v) is 4.16. The van der Waals surface area contributed by atoms with Gasteiger partial charge in [0.2, 0.25) is 11.7 Å². The van der Waals surface area contributed by atoms with E-state index in [-0.39, 0.29) is 33.3 Å². The molecule has 0 saturated carbocycles. The van der Waals surface area contributed by atoms with E-state index in [0.29, 0.717) is 11.3 Å². The molecule has 1 aromatic heterocycles. The van der Waals surface area contributed by atoms with Crippen molar-refractivity contribution < 1.29 is 9.18 Å². The molecule has 128 valence electrons. The maximum Gasteiger partial charge on any atom is 0.248 e. The first kappa shape index (κ1) is 17.6. The summed E-state index contributed by atoms with van der Waals surface area (Å²) >= 11 is 17.7. The molecule has 0 saturated heterocycles. The third kappa shape index (κ3) is 4.25. The number of benzene rings is 2. The number of hydrogen-bond acceptors (Lipinski definition) is 4. The van der Waals surface area contributed by atoms with Gasteiger partial charge in [-0.2, -0.15) is 4.80 Å². The standard InChI is InChI=1S/C15H9Cl3FN5O/c16-10-5-12(18)13(6-11(10)17)20-14(25)7-24-22-15(21-23-24)8-1-3-9(19)4-2-8/h1-6H,7H2,(H,20,25). The van der Waals surface area contributed by atoms with E-state index in [1.54, 1.807) is 0 Å². The van der Waals surface area contributed by atoms with E-state index in [9.17, 15) is 9.18 Å². The predicted molar refractivity (Wildman–Crippen MR) is 93.3 cm³/mol. The van der Waals surface area contributed by atoms with Crippen LogP contribution in [0.1, 0.15) is 0 Å². The van der Waals surface area contributed by atoms with Crippen molar-refractivity contribution in [3.05, 3.63) is 57.3 Å². The number of nitrogens with one attached hydrogen (secondary N) is 1. The number of tetrazole rings is 1. The van der Waals surface area contributed by atoms with E-state index in [2.05, 4.69) is 20.7 Å². The van der Waals surface area contributed by atoms with Crippen molar-refractivity contribution in [3.63, 3.8) is 0 Å². The number of nitrogens with zero attached hydrogens (tertiary/aromatic N) is 4. The Balaban J connectivity index is 1.70. The molecular formula is C15H9Cl3FN5O. The Kier molecular flexibility index (Phi) is 5.17. The number of carbonyl (C=O) groups is 1. The van der Waals surface area contributed by atoms with Crippen LogP contribution in [-0.2, 0) is 11.3 Å². The lowest BCUT2D eigenvalue weighted by Gasteiger charge is -2.08. The Morgan fingerprint density at radius 1 is 1.08 bits per heavy atom. The molecule has 3 aromatic rings. The summed E-state index contributed by atoms with van der Waals surface area (Å²) in [7, 11) is 0. The van der Waals surface area contributed by atoms with Gasteiger partial charge in [-0.25, -0.2) is 4.39 Å². The first-order chi connectivity index (χ1) is 11.9. The number of aromatic nitrogens is 4. The Labute approximate surface area is 156 Å². The summed E-state index contributed by atoms with van der Waals surface area (Å²) in [5, 5.41) is 15.1. The highest BCUT2D eigenvalue weighted by atomic mass is 35.5. The lowest BCUT2D eigenvalue weighted by Crippen LogP contribution is -2.20. The second kappa shape index (κ2) is 7.35. The maximum atomic E-state index is 12.9. The topological polar surface area (TPSA) is 72.7 Å². The highest BCUT2D eigenvalue weighted by molar-refractivity contribution is 6.44. The second-order valence-corrected chi connectivity index (χ2v) is 6.17. The Morgan fingerprint density at radius 3 is 2.48 bits per heavy atom. The van der Waals surface area contributed by atoms with Gasteiger partial charge in [-0.05, 0) is 41.6 Å². The molecule has 6 nitrogen and oxygen atoms in total. The molecule has 1 N–H and O–H groups in total. The minimum absolute atomic E-state index is 0.190. The number of hydrogen-bond donors (Lipinski definition) is 1. The summed E-state index contributed by atoms with van der Waals surface area (Å²) in [5.41, 5.74) is 0.903. The molecule has 0 aliphatic heterocycles. The van der Waals surface area contributed by atoms with Crippen LogP contribution in [-0.4, -0.2) is 26.1 Å². The van der Waals surface area contributed by atoms with E-state index >= 15 is 0 Å². The van der Waals surface area contributed by atoms with Gasteiger partial charge in [0.1, 0.15) is 12.4 Å². The van der Waals surface area contributed by atoms with E-state index in [1.165, 1.54) is 36.4 Å². The molecule has 3 rings (SSSR count). The Morgan fingerprint density at radius 2 is 1.76 bits per heavy atom. The van der Waals surface area contributed by atoms with Crippen LogP contribution in [0, 0.1) is 5.82 Å². The molecule has 10 heteroatoms. The zero-order chi connectivity index (χ0) is 18.0. The van der Waals surface area contributed by atoms with Crippen molar-refractivity contribution in [1.82, 2.24) is 20.2 Å². The molecule has 0 aliphatic rings. The van der Waals surface area contributed by atoms with Crippen LogP contribution in [0.15, 0.2) is 36.4 Å². The van der Waals surface area contributed by atoms with Crippen LogP contribution < -0.4 is 5.32 Å². The average molecular weight is 401 g/mol. The molecule has 0 aliphatic carbocycles. The number of amides is 1. The number of carbonyl (C=O) groups excluding carboxylic acids is 1. The van der Waals surface area contributed by atoms with Gasteiger partial charge in [0, 0.05) is 5.56 Å². The summed E-state index contributed by atoms with van der Waals surface area (Å²) in [6, 6.07) is 8.49. The maximum absolute atomic E-state index is 12.9. The van der Waals surface area contributed by atoms with E-state index < -0.39 is 5.91 Å². The minimum atomic E-state index is -0.427. The summed E-state index contributed by atoms with van der Waals surface area (Å²) in [4.78, 5) is 13.2. The number of rotatable bonds is 4. The molecule has 0 radical (unpaired) electrons. The van der Waals surface area contributed by atoms with Crippen molar-refractivity contribution in [2.75, 3.05) is 5.32 Å². The molecule has 0 spiro atoms. The van der Waals surface area contributed by atoms with Gasteiger partial charge in [-0.3, -0.25) is 4.79 Å². The van der Waals surface area contributed by atoms with Gasteiger partial charge in [0.05, 0.1) is 20.8 Å². The third-order valence-electron chi connectivity index (χ3n) is 3.12. The van der Waals surface area contributed by atoms with Crippen LogP contribution in [0.4, 0.5) is 10.1 Å². The first-order valence-corrected chi connectivity index (χ1v) is 8.04.